The van der Waals surface area contributed by atoms with Crippen LogP contribution in [0.3, 0.4) is 0 Å². The Bertz CT molecular complexity index is 282. The fourth-order valence-electron chi connectivity index (χ4n) is 1.30. The minimum atomic E-state index is 0.274. The summed E-state index contributed by atoms with van der Waals surface area (Å²) in [4.78, 5) is 0. The van der Waals surface area contributed by atoms with Crippen molar-refractivity contribution in [3.05, 3.63) is 29.8 Å². The van der Waals surface area contributed by atoms with E-state index in [1.165, 1.54) is 5.56 Å². The molecule has 0 aliphatic heterocycles. The van der Waals surface area contributed by atoms with Gasteiger partial charge in [0, 0.05) is 0 Å². The second kappa shape index (κ2) is 6.46. The molecule has 0 N–H and O–H groups in total. The van der Waals surface area contributed by atoms with Crippen LogP contribution in [-0.4, -0.2) is 19.3 Å². The van der Waals surface area contributed by atoms with Gasteiger partial charge in [0.25, 0.3) is 0 Å². The fraction of sp³-hybridized carbons (Fsp3) is 0.538. The van der Waals surface area contributed by atoms with Crippen LogP contribution in [0.15, 0.2) is 24.3 Å². The zero-order valence-electron chi connectivity index (χ0n) is 9.82. The summed E-state index contributed by atoms with van der Waals surface area (Å²) < 4.78 is 11.0. The molecule has 1 aromatic rings. The molecule has 0 fully saturated rings. The van der Waals surface area contributed by atoms with Gasteiger partial charge in [-0.25, -0.2) is 0 Å². The Balaban J connectivity index is 2.30. The minimum absolute atomic E-state index is 0.274. The Kier molecular flexibility index (Phi) is 5.19. The van der Waals surface area contributed by atoms with Gasteiger partial charge in [0.1, 0.15) is 12.4 Å². The molecule has 15 heavy (non-hydrogen) atoms. The van der Waals surface area contributed by atoms with Gasteiger partial charge in [-0.05, 0) is 38.0 Å². The lowest BCUT2D eigenvalue weighted by Gasteiger charge is -2.09. The molecule has 0 aliphatic carbocycles. The molecule has 2 nitrogen and oxygen atoms in total. The van der Waals surface area contributed by atoms with E-state index in [9.17, 15) is 0 Å². The van der Waals surface area contributed by atoms with Gasteiger partial charge in [-0.3, -0.25) is 0 Å². The Morgan fingerprint density at radius 3 is 2.67 bits per heavy atom. The van der Waals surface area contributed by atoms with Gasteiger partial charge in [-0.1, -0.05) is 19.1 Å². The Morgan fingerprint density at radius 1 is 1.20 bits per heavy atom. The van der Waals surface area contributed by atoms with Gasteiger partial charge in [-0.2, -0.15) is 0 Å². The van der Waals surface area contributed by atoms with Crippen LogP contribution in [0.5, 0.6) is 5.75 Å². The third kappa shape index (κ3) is 4.84. The van der Waals surface area contributed by atoms with Crippen molar-refractivity contribution in [2.24, 2.45) is 0 Å². The summed E-state index contributed by atoms with van der Waals surface area (Å²) in [5.74, 6) is 0.932. The van der Waals surface area contributed by atoms with E-state index >= 15 is 0 Å². The summed E-state index contributed by atoms with van der Waals surface area (Å²) in [5, 5.41) is 0. The van der Waals surface area contributed by atoms with Crippen molar-refractivity contribution in [3.63, 3.8) is 0 Å². The third-order valence-corrected chi connectivity index (χ3v) is 2.11. The van der Waals surface area contributed by atoms with Crippen molar-refractivity contribution in [1.29, 1.82) is 0 Å². The minimum Gasteiger partial charge on any atom is -0.491 e. The van der Waals surface area contributed by atoms with Gasteiger partial charge in [0.2, 0.25) is 0 Å². The highest BCUT2D eigenvalue weighted by Gasteiger charge is 1.96. The van der Waals surface area contributed by atoms with Gasteiger partial charge < -0.3 is 9.47 Å². The predicted molar refractivity (Wildman–Crippen MR) is 62.4 cm³/mol. The molecule has 0 atom stereocenters. The fourth-order valence-corrected chi connectivity index (χ4v) is 1.30. The number of ether oxygens (including phenoxy) is 2. The van der Waals surface area contributed by atoms with E-state index in [1.807, 2.05) is 26.0 Å². The van der Waals surface area contributed by atoms with Crippen LogP contribution in [0.1, 0.15) is 26.3 Å². The molecule has 1 aromatic carbocycles. The van der Waals surface area contributed by atoms with Crippen molar-refractivity contribution in [2.45, 2.75) is 33.3 Å². The topological polar surface area (TPSA) is 18.5 Å². The Hall–Kier alpha value is -1.02. The standard InChI is InChI=1S/C13H20O2/c1-4-12-6-5-7-13(10-12)15-9-8-14-11(2)3/h5-7,10-11H,4,8-9H2,1-3H3. The number of aryl methyl sites for hydroxylation is 1. The molecule has 0 bridgehead atoms. The predicted octanol–water partition coefficient (Wildman–Crippen LogP) is 3.05. The van der Waals surface area contributed by atoms with Crippen LogP contribution in [0, 0.1) is 0 Å². The molecule has 84 valence electrons. The van der Waals surface area contributed by atoms with Crippen molar-refractivity contribution < 1.29 is 9.47 Å². The van der Waals surface area contributed by atoms with Crippen LogP contribution in [0.25, 0.3) is 0 Å². The van der Waals surface area contributed by atoms with Crippen LogP contribution in [-0.2, 0) is 11.2 Å². The van der Waals surface area contributed by atoms with Crippen molar-refractivity contribution in [1.82, 2.24) is 0 Å². The highest BCUT2D eigenvalue weighted by Crippen LogP contribution is 2.13. The average molecular weight is 208 g/mol. The average Bonchev–Trinajstić information content (AvgIpc) is 2.24. The first-order valence-corrected chi connectivity index (χ1v) is 5.55. The monoisotopic (exact) mass is 208 g/mol. The molecule has 1 rings (SSSR count). The van der Waals surface area contributed by atoms with E-state index in [1.54, 1.807) is 0 Å². The smallest absolute Gasteiger partial charge is 0.119 e. The molecule has 2 heteroatoms. The molecule has 0 saturated carbocycles. The molecule has 0 aliphatic rings. The van der Waals surface area contributed by atoms with E-state index in [0.29, 0.717) is 13.2 Å². The molecular weight excluding hydrogens is 188 g/mol. The van der Waals surface area contributed by atoms with E-state index < -0.39 is 0 Å². The Morgan fingerprint density at radius 2 is 2.00 bits per heavy atom. The van der Waals surface area contributed by atoms with E-state index in [-0.39, 0.29) is 6.10 Å². The molecule has 0 spiro atoms. The summed E-state index contributed by atoms with van der Waals surface area (Å²) in [5.41, 5.74) is 1.30. The zero-order valence-corrected chi connectivity index (χ0v) is 9.82. The lowest BCUT2D eigenvalue weighted by molar-refractivity contribution is 0.0552. The van der Waals surface area contributed by atoms with Crippen molar-refractivity contribution in [3.8, 4) is 5.75 Å². The summed E-state index contributed by atoms with van der Waals surface area (Å²) >= 11 is 0. The SMILES string of the molecule is CCc1cccc(OCCOC(C)C)c1. The molecule has 0 amide bonds. The second-order valence-electron chi connectivity index (χ2n) is 3.77. The highest BCUT2D eigenvalue weighted by atomic mass is 16.5. The third-order valence-electron chi connectivity index (χ3n) is 2.11. The zero-order chi connectivity index (χ0) is 11.1. The number of benzene rings is 1. The summed E-state index contributed by atoms with van der Waals surface area (Å²) in [6.07, 6.45) is 1.32. The summed E-state index contributed by atoms with van der Waals surface area (Å²) in [7, 11) is 0. The molecule has 0 radical (unpaired) electrons. The Labute approximate surface area is 92.2 Å². The first kappa shape index (κ1) is 12.1. The van der Waals surface area contributed by atoms with Crippen molar-refractivity contribution >= 4 is 0 Å². The number of hydrogen-bond donors (Lipinski definition) is 0. The van der Waals surface area contributed by atoms with E-state index in [0.717, 1.165) is 12.2 Å². The van der Waals surface area contributed by atoms with Crippen LogP contribution >= 0.6 is 0 Å². The van der Waals surface area contributed by atoms with Crippen LogP contribution in [0.2, 0.25) is 0 Å². The van der Waals surface area contributed by atoms with Crippen molar-refractivity contribution in [2.75, 3.05) is 13.2 Å². The molecule has 0 aromatic heterocycles. The summed E-state index contributed by atoms with van der Waals surface area (Å²) in [6.45, 7) is 7.45. The van der Waals surface area contributed by atoms with Crippen LogP contribution in [0.4, 0.5) is 0 Å². The first-order valence-electron chi connectivity index (χ1n) is 5.55. The molecule has 0 unspecified atom stereocenters. The largest absolute Gasteiger partial charge is 0.491 e. The maximum atomic E-state index is 5.57. The lowest BCUT2D eigenvalue weighted by Crippen LogP contribution is -2.11. The number of hydrogen-bond acceptors (Lipinski definition) is 2. The number of rotatable bonds is 6. The first-order chi connectivity index (χ1) is 7.22. The summed E-state index contributed by atoms with van der Waals surface area (Å²) in [6, 6.07) is 8.19. The van der Waals surface area contributed by atoms with Gasteiger partial charge in [0.05, 0.1) is 12.7 Å². The normalized spacial score (nSPS) is 10.7. The quantitative estimate of drug-likeness (QED) is 0.669. The lowest BCUT2D eigenvalue weighted by atomic mass is 10.2. The van der Waals surface area contributed by atoms with Gasteiger partial charge in [0.15, 0.2) is 0 Å². The molecule has 0 heterocycles. The highest BCUT2D eigenvalue weighted by molar-refractivity contribution is 5.28. The second-order valence-corrected chi connectivity index (χ2v) is 3.77. The van der Waals surface area contributed by atoms with Gasteiger partial charge >= 0.3 is 0 Å². The maximum absolute atomic E-state index is 5.57. The molecule has 0 saturated heterocycles. The maximum Gasteiger partial charge on any atom is 0.119 e. The van der Waals surface area contributed by atoms with Crippen LogP contribution < -0.4 is 4.74 Å². The molecular formula is C13H20O2. The van der Waals surface area contributed by atoms with E-state index in [2.05, 4.69) is 19.1 Å². The van der Waals surface area contributed by atoms with E-state index in [4.69, 9.17) is 9.47 Å². The van der Waals surface area contributed by atoms with Gasteiger partial charge in [-0.15, -0.1) is 0 Å².